The zero-order chi connectivity index (χ0) is 12.7. The molecule has 4 heteroatoms. The van der Waals surface area contributed by atoms with Crippen LogP contribution in [0.3, 0.4) is 0 Å². The fraction of sp³-hybridized carbons (Fsp3) is 1.00. The summed E-state index contributed by atoms with van der Waals surface area (Å²) in [4.78, 5) is 0. The van der Waals surface area contributed by atoms with Gasteiger partial charge in [0.25, 0.3) is 0 Å². The molecule has 0 radical (unpaired) electrons. The Hall–Kier alpha value is 0.620. The Kier molecular flexibility index (Phi) is 4.09. The lowest BCUT2D eigenvalue weighted by Gasteiger charge is -2.36. The maximum absolute atomic E-state index is 6.54. The lowest BCUT2D eigenvalue weighted by Crippen LogP contribution is -2.48. The van der Waals surface area contributed by atoms with Crippen LogP contribution < -0.4 is 5.73 Å². The summed E-state index contributed by atoms with van der Waals surface area (Å²) in [6, 6.07) is 0.268. The first-order valence-corrected chi connectivity index (χ1v) is 8.67. The molecule has 0 amide bonds. The summed E-state index contributed by atoms with van der Waals surface area (Å²) >= 11 is 4.11. The van der Waals surface area contributed by atoms with Crippen LogP contribution in [0.15, 0.2) is 0 Å². The smallest absolute Gasteiger partial charge is 0.0678 e. The molecule has 2 fully saturated rings. The van der Waals surface area contributed by atoms with Crippen LogP contribution in [-0.2, 0) is 4.74 Å². The average Bonchev–Trinajstić information content (AvgIpc) is 2.47. The fourth-order valence-electron chi connectivity index (χ4n) is 3.19. The van der Waals surface area contributed by atoms with Gasteiger partial charge in [-0.25, -0.2) is 0 Å². The molecule has 100 valence electrons. The number of hydrogen-bond donors (Lipinski definition) is 1. The molecule has 0 bridgehead atoms. The van der Waals surface area contributed by atoms with Crippen LogP contribution in [0.5, 0.6) is 0 Å². The monoisotopic (exact) mass is 275 g/mol. The summed E-state index contributed by atoms with van der Waals surface area (Å²) in [5.41, 5.74) is 6.44. The van der Waals surface area contributed by atoms with Gasteiger partial charge in [0.2, 0.25) is 0 Å². The predicted octanol–water partition coefficient (Wildman–Crippen LogP) is 2.76. The van der Waals surface area contributed by atoms with Crippen molar-refractivity contribution in [3.63, 3.8) is 0 Å². The van der Waals surface area contributed by atoms with Crippen molar-refractivity contribution in [1.29, 1.82) is 0 Å². The first kappa shape index (κ1) is 14.0. The third-order valence-electron chi connectivity index (χ3n) is 3.88. The molecule has 2 aliphatic rings. The molecule has 2 heterocycles. The van der Waals surface area contributed by atoms with Crippen molar-refractivity contribution >= 4 is 23.5 Å². The lowest BCUT2D eigenvalue weighted by molar-refractivity contribution is -0.0764. The number of hydrogen-bond acceptors (Lipinski definition) is 4. The van der Waals surface area contributed by atoms with Crippen LogP contribution in [0.1, 0.15) is 34.1 Å². The summed E-state index contributed by atoms with van der Waals surface area (Å²) in [5.74, 6) is 4.22. The molecule has 17 heavy (non-hydrogen) atoms. The Morgan fingerprint density at radius 2 is 1.94 bits per heavy atom. The van der Waals surface area contributed by atoms with Crippen LogP contribution in [0.2, 0.25) is 0 Å². The molecule has 0 aliphatic carbocycles. The van der Waals surface area contributed by atoms with E-state index in [0.29, 0.717) is 11.2 Å². The van der Waals surface area contributed by atoms with Gasteiger partial charge in [-0.05, 0) is 34.1 Å². The third-order valence-corrected chi connectivity index (χ3v) is 6.79. The number of ether oxygens (including phenoxy) is 1. The summed E-state index contributed by atoms with van der Waals surface area (Å²) < 4.78 is 6.16. The van der Waals surface area contributed by atoms with E-state index in [0.717, 1.165) is 6.42 Å². The molecule has 3 atom stereocenters. The van der Waals surface area contributed by atoms with E-state index in [1.165, 1.54) is 17.3 Å². The maximum Gasteiger partial charge on any atom is 0.0678 e. The van der Waals surface area contributed by atoms with Gasteiger partial charge < -0.3 is 10.5 Å². The fourth-order valence-corrected chi connectivity index (χ4v) is 6.06. The average molecular weight is 275 g/mol. The van der Waals surface area contributed by atoms with Gasteiger partial charge in [-0.2, -0.15) is 23.5 Å². The lowest BCUT2D eigenvalue weighted by atomic mass is 9.81. The summed E-state index contributed by atoms with van der Waals surface area (Å²) in [6.07, 6.45) is 1.09. The van der Waals surface area contributed by atoms with Crippen molar-refractivity contribution in [2.24, 2.45) is 11.7 Å². The van der Waals surface area contributed by atoms with Gasteiger partial charge in [0.1, 0.15) is 0 Å². The van der Waals surface area contributed by atoms with Gasteiger partial charge >= 0.3 is 0 Å². The topological polar surface area (TPSA) is 35.2 Å². The van der Waals surface area contributed by atoms with E-state index < -0.39 is 0 Å². The normalized spacial score (nSPS) is 37.9. The van der Waals surface area contributed by atoms with Crippen LogP contribution in [-0.4, -0.2) is 39.8 Å². The van der Waals surface area contributed by atoms with Gasteiger partial charge in [-0.15, -0.1) is 0 Å². The van der Waals surface area contributed by atoms with E-state index in [-0.39, 0.29) is 17.2 Å². The second kappa shape index (κ2) is 4.95. The van der Waals surface area contributed by atoms with E-state index in [9.17, 15) is 0 Å². The Bertz CT molecular complexity index is 275. The van der Waals surface area contributed by atoms with Crippen molar-refractivity contribution < 1.29 is 4.74 Å². The summed E-state index contributed by atoms with van der Waals surface area (Å²) in [7, 11) is 0. The standard InChI is InChI=1S/C13H25NOS2/c1-12(2)7-9(13(3,4)15-12)11(14)10-8-16-5-6-17-10/h9-11H,5-8,14H2,1-4H3. The second-order valence-corrected chi connectivity index (χ2v) is 8.83. The Balaban J connectivity index is 2.05. The quantitative estimate of drug-likeness (QED) is 0.840. The summed E-state index contributed by atoms with van der Waals surface area (Å²) in [6.45, 7) is 8.77. The minimum absolute atomic E-state index is 0.0156. The van der Waals surface area contributed by atoms with Gasteiger partial charge in [-0.3, -0.25) is 0 Å². The second-order valence-electron chi connectivity index (χ2n) is 6.34. The molecule has 2 saturated heterocycles. The summed E-state index contributed by atoms with van der Waals surface area (Å²) in [5, 5.41) is 0.607. The zero-order valence-electron chi connectivity index (χ0n) is 11.4. The Morgan fingerprint density at radius 3 is 2.41 bits per heavy atom. The van der Waals surface area contributed by atoms with Gasteiger partial charge in [-0.1, -0.05) is 0 Å². The van der Waals surface area contributed by atoms with Crippen LogP contribution in [0.25, 0.3) is 0 Å². The van der Waals surface area contributed by atoms with Crippen molar-refractivity contribution in [2.75, 3.05) is 17.3 Å². The SMILES string of the molecule is CC1(C)CC(C(N)C2CSCCS2)C(C)(C)O1. The van der Waals surface area contributed by atoms with Crippen LogP contribution in [0.4, 0.5) is 0 Å². The van der Waals surface area contributed by atoms with Gasteiger partial charge in [0, 0.05) is 34.5 Å². The molecule has 2 rings (SSSR count). The Morgan fingerprint density at radius 1 is 1.24 bits per heavy atom. The molecular weight excluding hydrogens is 250 g/mol. The highest BCUT2D eigenvalue weighted by molar-refractivity contribution is 8.06. The zero-order valence-corrected chi connectivity index (χ0v) is 13.0. The largest absolute Gasteiger partial charge is 0.369 e. The molecule has 0 spiro atoms. The molecule has 2 nitrogen and oxygen atoms in total. The van der Waals surface area contributed by atoms with E-state index in [2.05, 4.69) is 39.5 Å². The van der Waals surface area contributed by atoms with Crippen molar-refractivity contribution in [3.8, 4) is 0 Å². The molecule has 0 saturated carbocycles. The molecule has 0 aromatic carbocycles. The first-order valence-electron chi connectivity index (χ1n) is 6.47. The number of thioether (sulfide) groups is 2. The van der Waals surface area contributed by atoms with Crippen LogP contribution >= 0.6 is 23.5 Å². The van der Waals surface area contributed by atoms with E-state index in [1.54, 1.807) is 0 Å². The predicted molar refractivity (Wildman–Crippen MR) is 78.9 cm³/mol. The number of nitrogens with two attached hydrogens (primary N) is 1. The molecule has 0 aromatic heterocycles. The molecular formula is C13H25NOS2. The van der Waals surface area contributed by atoms with Crippen LogP contribution in [0, 0.1) is 5.92 Å². The molecule has 0 aromatic rings. The highest BCUT2D eigenvalue weighted by Crippen LogP contribution is 2.45. The minimum Gasteiger partial charge on any atom is -0.369 e. The maximum atomic E-state index is 6.54. The highest BCUT2D eigenvalue weighted by atomic mass is 32.2. The first-order chi connectivity index (χ1) is 7.82. The van der Waals surface area contributed by atoms with Crippen molar-refractivity contribution in [3.05, 3.63) is 0 Å². The molecule has 3 unspecified atom stereocenters. The Labute approximate surface area is 114 Å². The van der Waals surface area contributed by atoms with E-state index >= 15 is 0 Å². The van der Waals surface area contributed by atoms with Crippen molar-refractivity contribution in [1.82, 2.24) is 0 Å². The van der Waals surface area contributed by atoms with E-state index in [4.69, 9.17) is 10.5 Å². The van der Waals surface area contributed by atoms with Gasteiger partial charge in [0.15, 0.2) is 0 Å². The minimum atomic E-state index is -0.0778. The number of rotatable bonds is 2. The van der Waals surface area contributed by atoms with E-state index in [1.807, 2.05) is 11.8 Å². The van der Waals surface area contributed by atoms with Gasteiger partial charge in [0.05, 0.1) is 11.2 Å². The third kappa shape index (κ3) is 3.14. The molecule has 2 aliphatic heterocycles. The highest BCUT2D eigenvalue weighted by Gasteiger charge is 2.49. The van der Waals surface area contributed by atoms with Crippen molar-refractivity contribution in [2.45, 2.75) is 56.6 Å². The molecule has 2 N–H and O–H groups in total.